The highest BCUT2D eigenvalue weighted by Gasteiger charge is 2.24. The molecule has 1 aromatic carbocycles. The van der Waals surface area contributed by atoms with Crippen molar-refractivity contribution < 1.29 is 19.5 Å². The Balaban J connectivity index is 1.71. The van der Waals surface area contributed by atoms with E-state index in [2.05, 4.69) is 13.8 Å². The van der Waals surface area contributed by atoms with Gasteiger partial charge in [0.05, 0.1) is 12.7 Å². The third kappa shape index (κ3) is 5.34. The lowest BCUT2D eigenvalue weighted by atomic mass is 9.80. The summed E-state index contributed by atoms with van der Waals surface area (Å²) in [5.74, 6) is 2.11. The van der Waals surface area contributed by atoms with Gasteiger partial charge in [-0.25, -0.2) is 0 Å². The zero-order valence-electron chi connectivity index (χ0n) is 12.9. The van der Waals surface area contributed by atoms with Gasteiger partial charge in [0.2, 0.25) is 0 Å². The fourth-order valence-electron chi connectivity index (χ4n) is 3.15. The number of hydrogen-bond acceptors (Lipinski definition) is 4. The Morgan fingerprint density at radius 3 is 2.48 bits per heavy atom. The van der Waals surface area contributed by atoms with Crippen molar-refractivity contribution in [2.75, 3.05) is 13.2 Å². The van der Waals surface area contributed by atoms with Gasteiger partial charge in [0.1, 0.15) is 12.4 Å². The number of ether oxygens (including phenoxy) is 2. The molecular weight excluding hydrogens is 267 g/mol. The molecule has 2 rings (SSSR count). The van der Waals surface area contributed by atoms with Crippen LogP contribution in [0.15, 0.2) is 24.3 Å². The quantitative estimate of drug-likeness (QED) is 0.617. The smallest absolute Gasteiger partial charge is 0.488 e. The standard InChI is InChI=1S/C16H25BO4/c1-12-8-13(2)10-16(9-12)21-7-6-20-15-5-3-4-14(11-15)17(18)19/h3-5,11-13,16,18-19H,6-10H2,1-2H3. The summed E-state index contributed by atoms with van der Waals surface area (Å²) < 4.78 is 11.5. The largest absolute Gasteiger partial charge is 0.491 e. The van der Waals surface area contributed by atoms with Crippen LogP contribution in [0.1, 0.15) is 33.1 Å². The van der Waals surface area contributed by atoms with Crippen LogP contribution in [-0.2, 0) is 4.74 Å². The average molecular weight is 292 g/mol. The molecule has 1 aliphatic rings. The molecular formula is C16H25BO4. The first kappa shape index (κ1) is 16.3. The summed E-state index contributed by atoms with van der Waals surface area (Å²) in [7, 11) is -1.46. The second-order valence-electron chi connectivity index (χ2n) is 6.20. The first-order valence-electron chi connectivity index (χ1n) is 7.75. The third-order valence-corrected chi connectivity index (χ3v) is 4.00. The van der Waals surface area contributed by atoms with Gasteiger partial charge in [-0.1, -0.05) is 26.0 Å². The lowest BCUT2D eigenvalue weighted by Gasteiger charge is -2.31. The maximum atomic E-state index is 9.11. The molecule has 2 N–H and O–H groups in total. The molecule has 1 saturated carbocycles. The van der Waals surface area contributed by atoms with E-state index < -0.39 is 7.12 Å². The first-order chi connectivity index (χ1) is 10.0. The zero-order chi connectivity index (χ0) is 15.2. The molecule has 116 valence electrons. The summed E-state index contributed by atoms with van der Waals surface area (Å²) in [6.07, 6.45) is 3.91. The van der Waals surface area contributed by atoms with Gasteiger partial charge in [-0.15, -0.1) is 0 Å². The van der Waals surface area contributed by atoms with Crippen LogP contribution in [0.3, 0.4) is 0 Å². The Morgan fingerprint density at radius 1 is 1.10 bits per heavy atom. The number of benzene rings is 1. The van der Waals surface area contributed by atoms with Crippen LogP contribution in [0.5, 0.6) is 5.75 Å². The molecule has 0 bridgehead atoms. The molecule has 4 nitrogen and oxygen atoms in total. The van der Waals surface area contributed by atoms with Crippen molar-refractivity contribution in [3.8, 4) is 5.75 Å². The fraction of sp³-hybridized carbons (Fsp3) is 0.625. The van der Waals surface area contributed by atoms with Gasteiger partial charge < -0.3 is 19.5 Å². The van der Waals surface area contributed by atoms with Crippen LogP contribution >= 0.6 is 0 Å². The summed E-state index contributed by atoms with van der Waals surface area (Å²) in [6, 6.07) is 6.83. The van der Waals surface area contributed by atoms with E-state index in [1.54, 1.807) is 24.3 Å². The third-order valence-electron chi connectivity index (χ3n) is 4.00. The van der Waals surface area contributed by atoms with Gasteiger partial charge in [0, 0.05) is 0 Å². The Kier molecular flexibility index (Phi) is 6.09. The minimum atomic E-state index is -1.46. The summed E-state index contributed by atoms with van der Waals surface area (Å²) in [6.45, 7) is 5.61. The molecule has 21 heavy (non-hydrogen) atoms. The van der Waals surface area contributed by atoms with Crippen molar-refractivity contribution in [1.82, 2.24) is 0 Å². The fourth-order valence-corrected chi connectivity index (χ4v) is 3.15. The van der Waals surface area contributed by atoms with Gasteiger partial charge in [-0.3, -0.25) is 0 Å². The van der Waals surface area contributed by atoms with E-state index in [9.17, 15) is 0 Å². The van der Waals surface area contributed by atoms with Crippen molar-refractivity contribution in [2.45, 2.75) is 39.2 Å². The molecule has 0 radical (unpaired) electrons. The number of rotatable bonds is 6. The molecule has 1 fully saturated rings. The Morgan fingerprint density at radius 2 is 1.81 bits per heavy atom. The Hall–Kier alpha value is -1.04. The molecule has 0 heterocycles. The SMILES string of the molecule is CC1CC(C)CC(OCCOc2cccc(B(O)O)c2)C1. The minimum Gasteiger partial charge on any atom is -0.491 e. The van der Waals surface area contributed by atoms with Crippen molar-refractivity contribution in [3.05, 3.63) is 24.3 Å². The molecule has 1 aromatic rings. The van der Waals surface area contributed by atoms with E-state index >= 15 is 0 Å². The van der Waals surface area contributed by atoms with Crippen molar-refractivity contribution in [2.24, 2.45) is 11.8 Å². The summed E-state index contributed by atoms with van der Waals surface area (Å²) in [4.78, 5) is 0. The van der Waals surface area contributed by atoms with Gasteiger partial charge in [-0.05, 0) is 48.7 Å². The summed E-state index contributed by atoms with van der Waals surface area (Å²) in [5.41, 5.74) is 0.434. The van der Waals surface area contributed by atoms with Crippen LogP contribution in [0.4, 0.5) is 0 Å². The van der Waals surface area contributed by atoms with E-state index in [0.717, 1.165) is 24.7 Å². The highest BCUT2D eigenvalue weighted by Crippen LogP contribution is 2.30. The van der Waals surface area contributed by atoms with E-state index in [1.165, 1.54) is 6.42 Å². The van der Waals surface area contributed by atoms with E-state index in [-0.39, 0.29) is 0 Å². The maximum Gasteiger partial charge on any atom is 0.488 e. The molecule has 5 heteroatoms. The highest BCUT2D eigenvalue weighted by atomic mass is 16.5. The van der Waals surface area contributed by atoms with Crippen molar-refractivity contribution >= 4 is 12.6 Å². The van der Waals surface area contributed by atoms with E-state index in [0.29, 0.717) is 30.5 Å². The second kappa shape index (κ2) is 7.83. The Labute approximate surface area is 127 Å². The molecule has 2 unspecified atom stereocenters. The van der Waals surface area contributed by atoms with Gasteiger partial charge in [-0.2, -0.15) is 0 Å². The van der Waals surface area contributed by atoms with Crippen LogP contribution in [0.25, 0.3) is 0 Å². The average Bonchev–Trinajstić information content (AvgIpc) is 2.43. The van der Waals surface area contributed by atoms with E-state index in [1.807, 2.05) is 0 Å². The van der Waals surface area contributed by atoms with Gasteiger partial charge in [0.25, 0.3) is 0 Å². The Bertz CT molecular complexity index is 428. The van der Waals surface area contributed by atoms with Crippen LogP contribution in [-0.4, -0.2) is 36.5 Å². The predicted octanol–water partition coefficient (Wildman–Crippen LogP) is 1.59. The normalized spacial score (nSPS) is 25.6. The molecule has 0 amide bonds. The lowest BCUT2D eigenvalue weighted by molar-refractivity contribution is -0.0107. The summed E-state index contributed by atoms with van der Waals surface area (Å²) >= 11 is 0. The maximum absolute atomic E-state index is 9.11. The minimum absolute atomic E-state index is 0.345. The van der Waals surface area contributed by atoms with Crippen LogP contribution in [0, 0.1) is 11.8 Å². The monoisotopic (exact) mass is 292 g/mol. The van der Waals surface area contributed by atoms with Gasteiger partial charge >= 0.3 is 7.12 Å². The van der Waals surface area contributed by atoms with Crippen LogP contribution < -0.4 is 10.2 Å². The van der Waals surface area contributed by atoms with Crippen LogP contribution in [0.2, 0.25) is 0 Å². The van der Waals surface area contributed by atoms with E-state index in [4.69, 9.17) is 19.5 Å². The molecule has 0 aliphatic heterocycles. The number of hydrogen-bond donors (Lipinski definition) is 2. The zero-order valence-corrected chi connectivity index (χ0v) is 12.9. The molecule has 1 aliphatic carbocycles. The lowest BCUT2D eigenvalue weighted by Crippen LogP contribution is -2.29. The van der Waals surface area contributed by atoms with Crippen molar-refractivity contribution in [1.29, 1.82) is 0 Å². The molecule has 0 aromatic heterocycles. The first-order valence-corrected chi connectivity index (χ1v) is 7.75. The molecule has 0 saturated heterocycles. The topological polar surface area (TPSA) is 58.9 Å². The van der Waals surface area contributed by atoms with Gasteiger partial charge in [0.15, 0.2) is 0 Å². The second-order valence-corrected chi connectivity index (χ2v) is 6.20. The summed E-state index contributed by atoms with van der Waals surface area (Å²) in [5, 5.41) is 18.2. The predicted molar refractivity (Wildman–Crippen MR) is 83.7 cm³/mol. The molecule has 2 atom stereocenters. The van der Waals surface area contributed by atoms with Crippen molar-refractivity contribution in [3.63, 3.8) is 0 Å². The molecule has 0 spiro atoms. The highest BCUT2D eigenvalue weighted by molar-refractivity contribution is 6.58.